The number of hydrogen-bond acceptors (Lipinski definition) is 4. The quantitative estimate of drug-likeness (QED) is 0.737. The van der Waals surface area contributed by atoms with Crippen LogP contribution < -0.4 is 10.1 Å². The standard InChI is InChI=1S/C14H20N2O4/c1-16(2)9-8-15-13(17)7-10-20-12-5-3-11(4-6-12)14(18)19/h3-6H,7-10H2,1-2H3,(H,15,17)(H,18,19). The van der Waals surface area contributed by atoms with Crippen LogP contribution in [0.5, 0.6) is 5.75 Å². The number of hydrogen-bond donors (Lipinski definition) is 2. The van der Waals surface area contributed by atoms with Crippen molar-refractivity contribution in [3.8, 4) is 5.75 Å². The summed E-state index contributed by atoms with van der Waals surface area (Å²) in [6.07, 6.45) is 0.272. The summed E-state index contributed by atoms with van der Waals surface area (Å²) in [6.45, 7) is 1.67. The van der Waals surface area contributed by atoms with Crippen molar-refractivity contribution in [3.63, 3.8) is 0 Å². The molecule has 0 aliphatic rings. The lowest BCUT2D eigenvalue weighted by atomic mass is 10.2. The van der Waals surface area contributed by atoms with E-state index in [1.807, 2.05) is 19.0 Å². The highest BCUT2D eigenvalue weighted by Crippen LogP contribution is 2.12. The van der Waals surface area contributed by atoms with Crippen LogP contribution >= 0.6 is 0 Å². The summed E-state index contributed by atoms with van der Waals surface area (Å²) in [4.78, 5) is 24.1. The van der Waals surface area contributed by atoms with Crippen molar-refractivity contribution in [1.29, 1.82) is 0 Å². The molecule has 20 heavy (non-hydrogen) atoms. The Bertz CT molecular complexity index is 443. The first kappa shape index (κ1) is 16.0. The summed E-state index contributed by atoms with van der Waals surface area (Å²) in [5.74, 6) is -0.484. The van der Waals surface area contributed by atoms with E-state index >= 15 is 0 Å². The fourth-order valence-electron chi connectivity index (χ4n) is 1.46. The van der Waals surface area contributed by atoms with E-state index < -0.39 is 5.97 Å². The third kappa shape index (κ3) is 6.19. The number of carbonyl (C=O) groups is 2. The number of aromatic carboxylic acids is 1. The van der Waals surface area contributed by atoms with E-state index in [-0.39, 0.29) is 24.5 Å². The predicted molar refractivity (Wildman–Crippen MR) is 75.1 cm³/mol. The minimum absolute atomic E-state index is 0.0611. The Morgan fingerprint density at radius 3 is 2.45 bits per heavy atom. The second-order valence-electron chi connectivity index (χ2n) is 4.58. The molecule has 110 valence electrons. The van der Waals surface area contributed by atoms with Gasteiger partial charge in [-0.1, -0.05) is 0 Å². The minimum atomic E-state index is -0.975. The van der Waals surface area contributed by atoms with Crippen molar-refractivity contribution in [2.75, 3.05) is 33.8 Å². The molecule has 0 unspecified atom stereocenters. The number of carboxylic acids is 1. The molecule has 6 heteroatoms. The van der Waals surface area contributed by atoms with Gasteiger partial charge < -0.3 is 20.1 Å². The maximum absolute atomic E-state index is 11.5. The molecule has 0 fully saturated rings. The van der Waals surface area contributed by atoms with Crippen molar-refractivity contribution in [1.82, 2.24) is 10.2 Å². The highest BCUT2D eigenvalue weighted by Gasteiger charge is 2.04. The van der Waals surface area contributed by atoms with Crippen LogP contribution in [-0.2, 0) is 4.79 Å². The van der Waals surface area contributed by atoms with E-state index in [0.29, 0.717) is 12.3 Å². The molecule has 0 spiro atoms. The Morgan fingerprint density at radius 1 is 1.25 bits per heavy atom. The molecule has 0 atom stereocenters. The first-order valence-corrected chi connectivity index (χ1v) is 6.36. The number of ether oxygens (including phenoxy) is 1. The number of nitrogens with zero attached hydrogens (tertiary/aromatic N) is 1. The monoisotopic (exact) mass is 280 g/mol. The SMILES string of the molecule is CN(C)CCNC(=O)CCOc1ccc(C(=O)O)cc1. The third-order valence-corrected chi connectivity index (χ3v) is 2.58. The highest BCUT2D eigenvalue weighted by atomic mass is 16.5. The Balaban J connectivity index is 2.23. The molecule has 0 aromatic heterocycles. The summed E-state index contributed by atoms with van der Waals surface area (Å²) in [6, 6.07) is 6.09. The zero-order valence-corrected chi connectivity index (χ0v) is 11.8. The zero-order valence-electron chi connectivity index (χ0n) is 11.8. The average Bonchev–Trinajstić information content (AvgIpc) is 2.39. The molecule has 0 heterocycles. The molecular weight excluding hydrogens is 260 g/mol. The van der Waals surface area contributed by atoms with Crippen LogP contribution in [0.3, 0.4) is 0 Å². The largest absolute Gasteiger partial charge is 0.493 e. The summed E-state index contributed by atoms with van der Waals surface area (Å²) in [5.41, 5.74) is 0.207. The maximum atomic E-state index is 11.5. The second kappa shape index (κ2) is 8.16. The molecule has 0 bridgehead atoms. The number of nitrogens with one attached hydrogen (secondary N) is 1. The van der Waals surface area contributed by atoms with E-state index in [9.17, 15) is 9.59 Å². The Kier molecular flexibility index (Phi) is 6.52. The van der Waals surface area contributed by atoms with Crippen LogP contribution in [-0.4, -0.2) is 55.7 Å². The summed E-state index contributed by atoms with van der Waals surface area (Å²) in [5, 5.41) is 11.5. The lowest BCUT2D eigenvalue weighted by Gasteiger charge is -2.10. The molecule has 0 saturated heterocycles. The van der Waals surface area contributed by atoms with Gasteiger partial charge in [-0.3, -0.25) is 4.79 Å². The normalized spacial score (nSPS) is 10.3. The van der Waals surface area contributed by atoms with Gasteiger partial charge in [0.1, 0.15) is 5.75 Å². The van der Waals surface area contributed by atoms with E-state index in [4.69, 9.17) is 9.84 Å². The molecular formula is C14H20N2O4. The molecule has 2 N–H and O–H groups in total. The topological polar surface area (TPSA) is 78.9 Å². The van der Waals surface area contributed by atoms with Crippen LogP contribution in [0.15, 0.2) is 24.3 Å². The van der Waals surface area contributed by atoms with Gasteiger partial charge in [0.2, 0.25) is 5.91 Å². The van der Waals surface area contributed by atoms with Crippen LogP contribution in [0.25, 0.3) is 0 Å². The first-order valence-electron chi connectivity index (χ1n) is 6.36. The Morgan fingerprint density at radius 2 is 1.90 bits per heavy atom. The van der Waals surface area contributed by atoms with Crippen molar-refractivity contribution in [3.05, 3.63) is 29.8 Å². The Labute approximate surface area is 118 Å². The molecule has 0 aliphatic heterocycles. The van der Waals surface area contributed by atoms with Gasteiger partial charge >= 0.3 is 5.97 Å². The third-order valence-electron chi connectivity index (χ3n) is 2.58. The van der Waals surface area contributed by atoms with Gasteiger partial charge in [-0.2, -0.15) is 0 Å². The van der Waals surface area contributed by atoms with E-state index in [1.165, 1.54) is 12.1 Å². The lowest BCUT2D eigenvalue weighted by Crippen LogP contribution is -2.32. The van der Waals surface area contributed by atoms with Crippen molar-refractivity contribution in [2.24, 2.45) is 0 Å². The lowest BCUT2D eigenvalue weighted by molar-refractivity contribution is -0.121. The van der Waals surface area contributed by atoms with Crippen molar-refractivity contribution >= 4 is 11.9 Å². The first-order chi connectivity index (χ1) is 9.49. The number of benzene rings is 1. The molecule has 0 saturated carbocycles. The summed E-state index contributed by atoms with van der Waals surface area (Å²) in [7, 11) is 3.88. The fourth-order valence-corrected chi connectivity index (χ4v) is 1.46. The van der Waals surface area contributed by atoms with E-state index in [2.05, 4.69) is 5.32 Å². The van der Waals surface area contributed by atoms with Gasteiger partial charge in [-0.25, -0.2) is 4.79 Å². The molecule has 1 amide bonds. The zero-order chi connectivity index (χ0) is 15.0. The van der Waals surface area contributed by atoms with Crippen molar-refractivity contribution < 1.29 is 19.4 Å². The average molecular weight is 280 g/mol. The Hall–Kier alpha value is -2.08. The molecule has 0 aliphatic carbocycles. The van der Waals surface area contributed by atoms with Crippen LogP contribution in [0.1, 0.15) is 16.8 Å². The number of likely N-dealkylation sites (N-methyl/N-ethyl adjacent to an activating group) is 1. The molecule has 1 aromatic carbocycles. The van der Waals surface area contributed by atoms with Gasteiger partial charge in [0, 0.05) is 13.1 Å². The summed E-state index contributed by atoms with van der Waals surface area (Å²) < 4.78 is 5.37. The fraction of sp³-hybridized carbons (Fsp3) is 0.429. The van der Waals surface area contributed by atoms with Gasteiger partial charge in [-0.05, 0) is 38.4 Å². The molecule has 1 aromatic rings. The molecule has 0 radical (unpaired) electrons. The van der Waals surface area contributed by atoms with E-state index in [0.717, 1.165) is 6.54 Å². The van der Waals surface area contributed by atoms with Gasteiger partial charge in [0.05, 0.1) is 18.6 Å². The molecule has 6 nitrogen and oxygen atoms in total. The minimum Gasteiger partial charge on any atom is -0.493 e. The smallest absolute Gasteiger partial charge is 0.335 e. The van der Waals surface area contributed by atoms with Crippen LogP contribution in [0, 0.1) is 0 Å². The number of amides is 1. The number of rotatable bonds is 8. The van der Waals surface area contributed by atoms with Gasteiger partial charge in [-0.15, -0.1) is 0 Å². The van der Waals surface area contributed by atoms with Gasteiger partial charge in [0.25, 0.3) is 0 Å². The van der Waals surface area contributed by atoms with Crippen LogP contribution in [0.4, 0.5) is 0 Å². The predicted octanol–water partition coefficient (Wildman–Crippen LogP) is 0.831. The second-order valence-corrected chi connectivity index (χ2v) is 4.58. The number of carboxylic acid groups (broad SMARTS) is 1. The number of carbonyl (C=O) groups excluding carboxylic acids is 1. The summed E-state index contributed by atoms with van der Waals surface area (Å²) >= 11 is 0. The molecule has 1 rings (SSSR count). The van der Waals surface area contributed by atoms with Gasteiger partial charge in [0.15, 0.2) is 0 Å². The highest BCUT2D eigenvalue weighted by molar-refractivity contribution is 5.87. The van der Waals surface area contributed by atoms with E-state index in [1.54, 1.807) is 12.1 Å². The van der Waals surface area contributed by atoms with Crippen molar-refractivity contribution in [2.45, 2.75) is 6.42 Å². The van der Waals surface area contributed by atoms with Crippen LogP contribution in [0.2, 0.25) is 0 Å². The maximum Gasteiger partial charge on any atom is 0.335 e.